The summed E-state index contributed by atoms with van der Waals surface area (Å²) in [5.74, 6) is -0.705. The van der Waals surface area contributed by atoms with Crippen molar-refractivity contribution in [1.29, 1.82) is 0 Å². The lowest BCUT2D eigenvalue weighted by molar-refractivity contribution is 0.0427. The van der Waals surface area contributed by atoms with E-state index in [1.165, 1.54) is 12.1 Å². The molecule has 0 aliphatic carbocycles. The molecule has 0 amide bonds. The number of esters is 1. The van der Waals surface area contributed by atoms with E-state index in [2.05, 4.69) is 13.8 Å². The highest BCUT2D eigenvalue weighted by molar-refractivity contribution is 5.89. The second-order valence-corrected chi connectivity index (χ2v) is 4.75. The molecule has 19 heavy (non-hydrogen) atoms. The zero-order chi connectivity index (χ0) is 14.3. The molecule has 0 aromatic heterocycles. The zero-order valence-corrected chi connectivity index (χ0v) is 11.6. The number of carbonyl (C=O) groups is 1. The summed E-state index contributed by atoms with van der Waals surface area (Å²) in [7, 11) is 0. The molecule has 0 heterocycles. The molecule has 1 aromatic rings. The maximum atomic E-state index is 13.2. The van der Waals surface area contributed by atoms with E-state index >= 15 is 0 Å². The molecule has 0 fully saturated rings. The standard InChI is InChI=1S/C15H22FNO2/c1-3-5-6-11(4-2)10-19-15(18)12-7-8-14(17)13(16)9-12/h7-9,11H,3-6,10,17H2,1-2H3. The van der Waals surface area contributed by atoms with Gasteiger partial charge in [-0.25, -0.2) is 9.18 Å². The molecule has 0 aliphatic rings. The Balaban J connectivity index is 2.52. The van der Waals surface area contributed by atoms with Crippen LogP contribution < -0.4 is 5.73 Å². The van der Waals surface area contributed by atoms with E-state index in [4.69, 9.17) is 10.5 Å². The predicted molar refractivity (Wildman–Crippen MR) is 74.4 cm³/mol. The van der Waals surface area contributed by atoms with Crippen LogP contribution in [0.4, 0.5) is 10.1 Å². The van der Waals surface area contributed by atoms with Crippen LogP contribution in [0.3, 0.4) is 0 Å². The summed E-state index contributed by atoms with van der Waals surface area (Å²) >= 11 is 0. The number of rotatable bonds is 7. The summed E-state index contributed by atoms with van der Waals surface area (Å²) in [6, 6.07) is 3.97. The van der Waals surface area contributed by atoms with Crippen LogP contribution in [0, 0.1) is 11.7 Å². The van der Waals surface area contributed by atoms with Crippen LogP contribution in [0.25, 0.3) is 0 Å². The predicted octanol–water partition coefficient (Wildman–Crippen LogP) is 3.78. The van der Waals surface area contributed by atoms with Crippen LogP contribution in [-0.4, -0.2) is 12.6 Å². The van der Waals surface area contributed by atoms with Gasteiger partial charge in [0.25, 0.3) is 0 Å². The Morgan fingerprint density at radius 2 is 2.16 bits per heavy atom. The van der Waals surface area contributed by atoms with Crippen LogP contribution in [-0.2, 0) is 4.74 Å². The fourth-order valence-corrected chi connectivity index (χ4v) is 1.83. The lowest BCUT2D eigenvalue weighted by atomic mass is 10.0. The Bertz CT molecular complexity index is 421. The van der Waals surface area contributed by atoms with Crippen molar-refractivity contribution < 1.29 is 13.9 Å². The van der Waals surface area contributed by atoms with Crippen LogP contribution in [0.5, 0.6) is 0 Å². The number of hydrogen-bond donors (Lipinski definition) is 1. The molecular weight excluding hydrogens is 245 g/mol. The van der Waals surface area contributed by atoms with E-state index in [0.29, 0.717) is 12.5 Å². The minimum atomic E-state index is -0.590. The maximum absolute atomic E-state index is 13.2. The molecule has 1 rings (SSSR count). The molecule has 1 unspecified atom stereocenters. The maximum Gasteiger partial charge on any atom is 0.338 e. The lowest BCUT2D eigenvalue weighted by Gasteiger charge is -2.14. The van der Waals surface area contributed by atoms with Gasteiger partial charge < -0.3 is 10.5 Å². The first-order valence-electron chi connectivity index (χ1n) is 6.80. The summed E-state index contributed by atoms with van der Waals surface area (Å²) in [6.07, 6.45) is 4.29. The highest BCUT2D eigenvalue weighted by Crippen LogP contribution is 2.16. The Labute approximate surface area is 113 Å². The number of hydrogen-bond acceptors (Lipinski definition) is 3. The third kappa shape index (κ3) is 4.89. The Morgan fingerprint density at radius 1 is 1.42 bits per heavy atom. The molecule has 0 radical (unpaired) electrons. The topological polar surface area (TPSA) is 52.3 Å². The first-order chi connectivity index (χ1) is 9.08. The molecule has 0 spiro atoms. The van der Waals surface area contributed by atoms with Crippen LogP contribution in [0.2, 0.25) is 0 Å². The number of benzene rings is 1. The van der Waals surface area contributed by atoms with Gasteiger partial charge in [-0.1, -0.05) is 33.1 Å². The summed E-state index contributed by atoms with van der Waals surface area (Å²) in [6.45, 7) is 4.61. The van der Waals surface area contributed by atoms with E-state index < -0.39 is 11.8 Å². The monoisotopic (exact) mass is 267 g/mol. The van der Waals surface area contributed by atoms with E-state index in [-0.39, 0.29) is 11.3 Å². The van der Waals surface area contributed by atoms with E-state index in [1.807, 2.05) is 0 Å². The molecule has 2 N–H and O–H groups in total. The first-order valence-corrected chi connectivity index (χ1v) is 6.80. The van der Waals surface area contributed by atoms with Crippen LogP contribution in [0.15, 0.2) is 18.2 Å². The van der Waals surface area contributed by atoms with Gasteiger partial charge in [0.2, 0.25) is 0 Å². The number of carbonyl (C=O) groups excluding carboxylic acids is 1. The number of nitrogens with two attached hydrogens (primary N) is 1. The van der Waals surface area contributed by atoms with Gasteiger partial charge in [0.1, 0.15) is 5.82 Å². The summed E-state index contributed by atoms with van der Waals surface area (Å²) in [4.78, 5) is 11.8. The molecule has 3 nitrogen and oxygen atoms in total. The van der Waals surface area contributed by atoms with Crippen molar-refractivity contribution in [3.8, 4) is 0 Å². The van der Waals surface area contributed by atoms with Gasteiger partial charge in [0, 0.05) is 0 Å². The van der Waals surface area contributed by atoms with Crippen LogP contribution >= 0.6 is 0 Å². The van der Waals surface area contributed by atoms with Crippen molar-refractivity contribution in [1.82, 2.24) is 0 Å². The Hall–Kier alpha value is -1.58. The normalized spacial score (nSPS) is 12.2. The minimum Gasteiger partial charge on any atom is -0.462 e. The fourth-order valence-electron chi connectivity index (χ4n) is 1.83. The second-order valence-electron chi connectivity index (χ2n) is 4.75. The smallest absolute Gasteiger partial charge is 0.338 e. The molecular formula is C15H22FNO2. The first kappa shape index (κ1) is 15.5. The number of nitrogen functional groups attached to an aromatic ring is 1. The second kappa shape index (κ2) is 7.77. The van der Waals surface area contributed by atoms with Gasteiger partial charge in [-0.3, -0.25) is 0 Å². The lowest BCUT2D eigenvalue weighted by Crippen LogP contribution is -2.14. The Morgan fingerprint density at radius 3 is 2.74 bits per heavy atom. The van der Waals surface area contributed by atoms with Gasteiger partial charge >= 0.3 is 5.97 Å². The third-order valence-electron chi connectivity index (χ3n) is 3.23. The molecule has 0 aliphatic heterocycles. The number of ether oxygens (including phenoxy) is 1. The van der Waals surface area contributed by atoms with E-state index in [1.54, 1.807) is 0 Å². The fraction of sp³-hybridized carbons (Fsp3) is 0.533. The average molecular weight is 267 g/mol. The van der Waals surface area contributed by atoms with Crippen molar-refractivity contribution in [3.63, 3.8) is 0 Å². The zero-order valence-electron chi connectivity index (χ0n) is 11.6. The molecule has 0 bridgehead atoms. The van der Waals surface area contributed by atoms with Gasteiger partial charge in [0.05, 0.1) is 17.9 Å². The molecule has 4 heteroatoms. The SMILES string of the molecule is CCCCC(CC)COC(=O)c1ccc(N)c(F)c1. The molecule has 106 valence electrons. The molecule has 0 saturated carbocycles. The largest absolute Gasteiger partial charge is 0.462 e. The van der Waals surface area contributed by atoms with Gasteiger partial charge in [-0.05, 0) is 30.5 Å². The van der Waals surface area contributed by atoms with Crippen molar-refractivity contribution in [3.05, 3.63) is 29.6 Å². The highest BCUT2D eigenvalue weighted by atomic mass is 19.1. The van der Waals surface area contributed by atoms with Gasteiger partial charge in [-0.15, -0.1) is 0 Å². The number of anilines is 1. The summed E-state index contributed by atoms with van der Waals surface area (Å²) in [5.41, 5.74) is 5.60. The quantitative estimate of drug-likeness (QED) is 0.604. The van der Waals surface area contributed by atoms with Gasteiger partial charge in [0.15, 0.2) is 0 Å². The van der Waals surface area contributed by atoms with Crippen molar-refractivity contribution in [2.75, 3.05) is 12.3 Å². The van der Waals surface area contributed by atoms with Crippen molar-refractivity contribution >= 4 is 11.7 Å². The number of unbranched alkanes of at least 4 members (excludes halogenated alkanes) is 1. The van der Waals surface area contributed by atoms with Gasteiger partial charge in [-0.2, -0.15) is 0 Å². The molecule has 1 aromatic carbocycles. The van der Waals surface area contributed by atoms with E-state index in [0.717, 1.165) is 31.7 Å². The Kier molecular flexibility index (Phi) is 6.33. The third-order valence-corrected chi connectivity index (χ3v) is 3.23. The van der Waals surface area contributed by atoms with Crippen molar-refractivity contribution in [2.24, 2.45) is 5.92 Å². The number of halogens is 1. The molecule has 0 saturated heterocycles. The summed E-state index contributed by atoms with van der Waals surface area (Å²) < 4.78 is 18.5. The summed E-state index contributed by atoms with van der Waals surface area (Å²) in [5, 5.41) is 0. The minimum absolute atomic E-state index is 0.0333. The average Bonchev–Trinajstić information content (AvgIpc) is 2.41. The highest BCUT2D eigenvalue weighted by Gasteiger charge is 2.13. The van der Waals surface area contributed by atoms with E-state index in [9.17, 15) is 9.18 Å². The molecule has 1 atom stereocenters. The van der Waals surface area contributed by atoms with Crippen molar-refractivity contribution in [2.45, 2.75) is 39.5 Å². The van der Waals surface area contributed by atoms with Crippen LogP contribution in [0.1, 0.15) is 49.9 Å².